The lowest BCUT2D eigenvalue weighted by Crippen LogP contribution is -2.43. The van der Waals surface area contributed by atoms with Crippen LogP contribution in [0.4, 0.5) is 0 Å². The van der Waals surface area contributed by atoms with E-state index in [0.717, 1.165) is 0 Å². The quantitative estimate of drug-likeness (QED) is 0.409. The molecule has 0 aliphatic carbocycles. The molecular formula is C13H23N3O5. The van der Waals surface area contributed by atoms with E-state index in [-0.39, 0.29) is 31.2 Å². The second kappa shape index (κ2) is 9.73. The SMILES string of the molecule is CC(C(=O)NCCCC(=O)N(C)CCC(=O)O)N(C)C=O. The Kier molecular flexibility index (Phi) is 8.75. The van der Waals surface area contributed by atoms with Gasteiger partial charge in [0.25, 0.3) is 0 Å². The molecule has 0 aliphatic heterocycles. The third-order valence-corrected chi connectivity index (χ3v) is 3.11. The fourth-order valence-corrected chi connectivity index (χ4v) is 1.45. The molecule has 0 fully saturated rings. The minimum Gasteiger partial charge on any atom is -0.481 e. The molecule has 0 saturated carbocycles. The molecule has 0 heterocycles. The van der Waals surface area contributed by atoms with Crippen molar-refractivity contribution in [2.24, 2.45) is 0 Å². The third kappa shape index (κ3) is 7.91. The summed E-state index contributed by atoms with van der Waals surface area (Å²) in [6, 6.07) is -0.559. The molecule has 3 amide bonds. The highest BCUT2D eigenvalue weighted by molar-refractivity contribution is 5.83. The predicted octanol–water partition coefficient (Wildman–Crippen LogP) is -0.707. The van der Waals surface area contributed by atoms with Gasteiger partial charge in [0.2, 0.25) is 18.2 Å². The second-order valence-corrected chi connectivity index (χ2v) is 4.80. The molecule has 1 atom stereocenters. The summed E-state index contributed by atoms with van der Waals surface area (Å²) in [5, 5.41) is 11.2. The van der Waals surface area contributed by atoms with Crippen LogP contribution in [0, 0.1) is 0 Å². The number of rotatable bonds is 10. The van der Waals surface area contributed by atoms with E-state index in [4.69, 9.17) is 5.11 Å². The van der Waals surface area contributed by atoms with Gasteiger partial charge in [0, 0.05) is 33.6 Å². The minimum absolute atomic E-state index is 0.0888. The number of nitrogens with one attached hydrogen (secondary N) is 1. The molecule has 0 aromatic heterocycles. The lowest BCUT2D eigenvalue weighted by molar-refractivity contribution is -0.138. The zero-order valence-corrected chi connectivity index (χ0v) is 12.7. The molecule has 0 aliphatic rings. The lowest BCUT2D eigenvalue weighted by atomic mass is 10.2. The van der Waals surface area contributed by atoms with Gasteiger partial charge in [-0.05, 0) is 13.3 Å². The Balaban J connectivity index is 3.89. The largest absolute Gasteiger partial charge is 0.481 e. The first-order valence-corrected chi connectivity index (χ1v) is 6.70. The molecule has 2 N–H and O–H groups in total. The molecule has 0 rings (SSSR count). The smallest absolute Gasteiger partial charge is 0.305 e. The highest BCUT2D eigenvalue weighted by Crippen LogP contribution is 1.97. The van der Waals surface area contributed by atoms with Gasteiger partial charge < -0.3 is 20.2 Å². The molecule has 0 spiro atoms. The van der Waals surface area contributed by atoms with E-state index < -0.39 is 12.0 Å². The number of hydrogen-bond acceptors (Lipinski definition) is 4. The molecule has 0 radical (unpaired) electrons. The van der Waals surface area contributed by atoms with Crippen LogP contribution in [0.2, 0.25) is 0 Å². The van der Waals surface area contributed by atoms with E-state index in [1.165, 1.54) is 16.8 Å². The van der Waals surface area contributed by atoms with Crippen LogP contribution in [-0.4, -0.2) is 72.3 Å². The van der Waals surface area contributed by atoms with Crippen LogP contribution in [0.15, 0.2) is 0 Å². The van der Waals surface area contributed by atoms with Crippen molar-refractivity contribution in [1.29, 1.82) is 0 Å². The number of nitrogens with zero attached hydrogens (tertiary/aromatic N) is 2. The Labute approximate surface area is 124 Å². The van der Waals surface area contributed by atoms with Gasteiger partial charge in [-0.15, -0.1) is 0 Å². The highest BCUT2D eigenvalue weighted by Gasteiger charge is 2.16. The first-order chi connectivity index (χ1) is 9.79. The summed E-state index contributed by atoms with van der Waals surface area (Å²) in [4.78, 5) is 46.8. The van der Waals surface area contributed by atoms with Gasteiger partial charge in [-0.25, -0.2) is 0 Å². The fraction of sp³-hybridized carbons (Fsp3) is 0.692. The first kappa shape index (κ1) is 18.9. The number of amides is 3. The summed E-state index contributed by atoms with van der Waals surface area (Å²) < 4.78 is 0. The maximum atomic E-state index is 11.7. The Morgan fingerprint density at radius 1 is 1.24 bits per heavy atom. The molecule has 8 nitrogen and oxygen atoms in total. The van der Waals surface area contributed by atoms with Crippen molar-refractivity contribution in [2.75, 3.05) is 27.2 Å². The van der Waals surface area contributed by atoms with Gasteiger partial charge in [0.15, 0.2) is 0 Å². The average Bonchev–Trinajstić information content (AvgIpc) is 2.46. The number of hydrogen-bond donors (Lipinski definition) is 2. The third-order valence-electron chi connectivity index (χ3n) is 3.11. The standard InChI is InChI=1S/C13H23N3O5/c1-10(16(3)9-17)13(21)14-7-4-5-11(18)15(2)8-6-12(19)20/h9-10H,4-8H2,1-3H3,(H,14,21)(H,19,20). The first-order valence-electron chi connectivity index (χ1n) is 6.70. The Morgan fingerprint density at radius 2 is 1.86 bits per heavy atom. The van der Waals surface area contributed by atoms with Crippen molar-refractivity contribution in [2.45, 2.75) is 32.2 Å². The van der Waals surface area contributed by atoms with Crippen LogP contribution in [0.3, 0.4) is 0 Å². The van der Waals surface area contributed by atoms with Crippen molar-refractivity contribution in [3.05, 3.63) is 0 Å². The molecule has 1 unspecified atom stereocenters. The number of carbonyl (C=O) groups excluding carboxylic acids is 3. The molecule has 0 bridgehead atoms. The van der Waals surface area contributed by atoms with Crippen LogP contribution < -0.4 is 5.32 Å². The Morgan fingerprint density at radius 3 is 2.38 bits per heavy atom. The van der Waals surface area contributed by atoms with E-state index in [2.05, 4.69) is 5.32 Å². The summed E-state index contributed by atoms with van der Waals surface area (Å²) in [6.07, 6.45) is 1.17. The summed E-state index contributed by atoms with van der Waals surface area (Å²) >= 11 is 0. The number of carboxylic acid groups (broad SMARTS) is 1. The fourth-order valence-electron chi connectivity index (χ4n) is 1.45. The normalized spacial score (nSPS) is 11.4. The lowest BCUT2D eigenvalue weighted by Gasteiger charge is -2.19. The molecule has 0 saturated heterocycles. The van der Waals surface area contributed by atoms with E-state index >= 15 is 0 Å². The van der Waals surface area contributed by atoms with Crippen molar-refractivity contribution in [3.8, 4) is 0 Å². The van der Waals surface area contributed by atoms with Crippen molar-refractivity contribution in [3.63, 3.8) is 0 Å². The number of carbonyl (C=O) groups is 4. The molecule has 120 valence electrons. The van der Waals surface area contributed by atoms with E-state index in [1.807, 2.05) is 0 Å². The van der Waals surface area contributed by atoms with Gasteiger partial charge in [-0.3, -0.25) is 19.2 Å². The van der Waals surface area contributed by atoms with Gasteiger partial charge in [-0.1, -0.05) is 0 Å². The Bertz CT molecular complexity index is 386. The van der Waals surface area contributed by atoms with Crippen LogP contribution in [0.5, 0.6) is 0 Å². The maximum Gasteiger partial charge on any atom is 0.305 e. The second-order valence-electron chi connectivity index (χ2n) is 4.80. The van der Waals surface area contributed by atoms with E-state index in [9.17, 15) is 19.2 Å². The zero-order valence-electron chi connectivity index (χ0n) is 12.7. The number of likely N-dealkylation sites (N-methyl/N-ethyl adjacent to an activating group) is 1. The van der Waals surface area contributed by atoms with Gasteiger partial charge in [0.05, 0.1) is 6.42 Å². The van der Waals surface area contributed by atoms with Crippen LogP contribution >= 0.6 is 0 Å². The molecule has 8 heteroatoms. The minimum atomic E-state index is -0.949. The number of aliphatic carboxylic acids is 1. The monoisotopic (exact) mass is 301 g/mol. The zero-order chi connectivity index (χ0) is 16.4. The summed E-state index contributed by atoms with van der Waals surface area (Å²) in [5.41, 5.74) is 0. The summed E-state index contributed by atoms with van der Waals surface area (Å²) in [7, 11) is 3.06. The highest BCUT2D eigenvalue weighted by atomic mass is 16.4. The van der Waals surface area contributed by atoms with E-state index in [1.54, 1.807) is 14.0 Å². The van der Waals surface area contributed by atoms with Crippen LogP contribution in [-0.2, 0) is 19.2 Å². The van der Waals surface area contributed by atoms with Crippen LogP contribution in [0.1, 0.15) is 26.2 Å². The Hall–Kier alpha value is -2.12. The average molecular weight is 301 g/mol. The molecule has 0 aromatic carbocycles. The topological polar surface area (TPSA) is 107 Å². The van der Waals surface area contributed by atoms with Crippen LogP contribution in [0.25, 0.3) is 0 Å². The van der Waals surface area contributed by atoms with Crippen molar-refractivity contribution >= 4 is 24.2 Å². The molecular weight excluding hydrogens is 278 g/mol. The predicted molar refractivity (Wildman–Crippen MR) is 75.4 cm³/mol. The van der Waals surface area contributed by atoms with Gasteiger partial charge >= 0.3 is 5.97 Å². The number of carboxylic acids is 1. The van der Waals surface area contributed by atoms with Crippen molar-refractivity contribution in [1.82, 2.24) is 15.1 Å². The summed E-state index contributed by atoms with van der Waals surface area (Å²) in [5.74, 6) is -1.39. The molecule has 0 aromatic rings. The van der Waals surface area contributed by atoms with Gasteiger partial charge in [-0.2, -0.15) is 0 Å². The summed E-state index contributed by atoms with van der Waals surface area (Å²) in [6.45, 7) is 2.10. The van der Waals surface area contributed by atoms with E-state index in [0.29, 0.717) is 19.4 Å². The maximum absolute atomic E-state index is 11.7. The van der Waals surface area contributed by atoms with Crippen molar-refractivity contribution < 1.29 is 24.3 Å². The molecule has 21 heavy (non-hydrogen) atoms. The van der Waals surface area contributed by atoms with Gasteiger partial charge in [0.1, 0.15) is 6.04 Å².